The van der Waals surface area contributed by atoms with Crippen molar-refractivity contribution in [1.82, 2.24) is 19.9 Å². The number of ether oxygens (including phenoxy) is 3. The number of nitrogen functional groups attached to an aromatic ring is 1. The van der Waals surface area contributed by atoms with Gasteiger partial charge in [0.1, 0.15) is 11.3 Å². The molecule has 9 nitrogen and oxygen atoms in total. The second kappa shape index (κ2) is 6.11. The fourth-order valence-corrected chi connectivity index (χ4v) is 2.38. The summed E-state index contributed by atoms with van der Waals surface area (Å²) in [5, 5.41) is 0. The maximum Gasteiger partial charge on any atom is 0.233 e. The SMILES string of the molecule is COc1cc(OC)c(N(C)c2nc(N)c3[nH]cnc3n2)cc1OC. The molecule has 0 fully saturated rings. The van der Waals surface area contributed by atoms with Crippen molar-refractivity contribution in [3.8, 4) is 17.2 Å². The van der Waals surface area contributed by atoms with Crippen LogP contribution in [0.3, 0.4) is 0 Å². The second-order valence-corrected chi connectivity index (χ2v) is 4.95. The first-order chi connectivity index (χ1) is 11.6. The molecular weight excluding hydrogens is 312 g/mol. The molecule has 24 heavy (non-hydrogen) atoms. The Morgan fingerprint density at radius 1 is 1.00 bits per heavy atom. The van der Waals surface area contributed by atoms with E-state index in [2.05, 4.69) is 19.9 Å². The molecule has 3 aromatic rings. The molecule has 0 saturated heterocycles. The summed E-state index contributed by atoms with van der Waals surface area (Å²) in [7, 11) is 6.51. The van der Waals surface area contributed by atoms with Gasteiger partial charge >= 0.3 is 0 Å². The quantitative estimate of drug-likeness (QED) is 0.727. The summed E-state index contributed by atoms with van der Waals surface area (Å²) < 4.78 is 16.1. The van der Waals surface area contributed by atoms with E-state index in [9.17, 15) is 0 Å². The predicted molar refractivity (Wildman–Crippen MR) is 90.3 cm³/mol. The third kappa shape index (κ3) is 2.49. The molecule has 3 rings (SSSR count). The molecule has 0 amide bonds. The van der Waals surface area contributed by atoms with Crippen LogP contribution in [0.2, 0.25) is 0 Å². The van der Waals surface area contributed by atoms with Crippen LogP contribution in [0.1, 0.15) is 0 Å². The van der Waals surface area contributed by atoms with Gasteiger partial charge in [-0.3, -0.25) is 0 Å². The van der Waals surface area contributed by atoms with E-state index in [-0.39, 0.29) is 0 Å². The third-order valence-electron chi connectivity index (χ3n) is 3.65. The van der Waals surface area contributed by atoms with Crippen molar-refractivity contribution in [2.24, 2.45) is 0 Å². The zero-order valence-electron chi connectivity index (χ0n) is 13.8. The lowest BCUT2D eigenvalue weighted by molar-refractivity contribution is 0.349. The van der Waals surface area contributed by atoms with Crippen molar-refractivity contribution >= 4 is 28.6 Å². The van der Waals surface area contributed by atoms with Gasteiger partial charge in [-0.05, 0) is 0 Å². The van der Waals surface area contributed by atoms with Crippen LogP contribution in [0, 0.1) is 0 Å². The number of nitrogens with zero attached hydrogens (tertiary/aromatic N) is 4. The predicted octanol–water partition coefficient (Wildman–Crippen LogP) is 1.73. The number of benzene rings is 1. The van der Waals surface area contributed by atoms with Crippen molar-refractivity contribution in [3.05, 3.63) is 18.5 Å². The molecule has 2 heterocycles. The Hall–Kier alpha value is -3.23. The number of nitrogens with one attached hydrogen (secondary N) is 1. The summed E-state index contributed by atoms with van der Waals surface area (Å²) >= 11 is 0. The molecule has 126 valence electrons. The molecule has 9 heteroatoms. The van der Waals surface area contributed by atoms with E-state index in [4.69, 9.17) is 19.9 Å². The van der Waals surface area contributed by atoms with Crippen molar-refractivity contribution in [1.29, 1.82) is 0 Å². The molecule has 0 spiro atoms. The molecule has 0 radical (unpaired) electrons. The van der Waals surface area contributed by atoms with E-state index in [1.807, 2.05) is 0 Å². The fraction of sp³-hybridized carbons (Fsp3) is 0.267. The maximum absolute atomic E-state index is 5.96. The molecule has 0 atom stereocenters. The lowest BCUT2D eigenvalue weighted by Gasteiger charge is -2.21. The number of methoxy groups -OCH3 is 3. The summed E-state index contributed by atoms with van der Waals surface area (Å²) in [6, 6.07) is 3.52. The maximum atomic E-state index is 5.96. The molecular formula is C15H18N6O3. The molecule has 0 aliphatic heterocycles. The second-order valence-electron chi connectivity index (χ2n) is 4.95. The number of nitrogens with two attached hydrogens (primary N) is 1. The van der Waals surface area contributed by atoms with E-state index in [0.29, 0.717) is 45.9 Å². The highest BCUT2D eigenvalue weighted by molar-refractivity contribution is 5.83. The Morgan fingerprint density at radius 2 is 1.67 bits per heavy atom. The topological polar surface area (TPSA) is 111 Å². The van der Waals surface area contributed by atoms with E-state index in [1.165, 1.54) is 6.33 Å². The Balaban J connectivity index is 2.12. The average Bonchev–Trinajstić information content (AvgIpc) is 3.09. The van der Waals surface area contributed by atoms with Crippen LogP contribution in [0.15, 0.2) is 18.5 Å². The van der Waals surface area contributed by atoms with E-state index in [1.54, 1.807) is 45.4 Å². The number of fused-ring (bicyclic) bond motifs is 1. The van der Waals surface area contributed by atoms with Gasteiger partial charge in [0.15, 0.2) is 23.0 Å². The minimum absolute atomic E-state index is 0.318. The molecule has 1 aromatic carbocycles. The van der Waals surface area contributed by atoms with Crippen LogP contribution in [0.4, 0.5) is 17.5 Å². The van der Waals surface area contributed by atoms with E-state index >= 15 is 0 Å². The van der Waals surface area contributed by atoms with Gasteiger partial charge < -0.3 is 29.8 Å². The lowest BCUT2D eigenvalue weighted by atomic mass is 10.2. The van der Waals surface area contributed by atoms with Gasteiger partial charge in [0.2, 0.25) is 5.95 Å². The average molecular weight is 330 g/mol. The zero-order chi connectivity index (χ0) is 17.3. The summed E-state index contributed by atoms with van der Waals surface area (Å²) in [6.07, 6.45) is 1.52. The third-order valence-corrected chi connectivity index (χ3v) is 3.65. The number of rotatable bonds is 5. The first kappa shape index (κ1) is 15.7. The summed E-state index contributed by atoms with van der Waals surface area (Å²) in [6.45, 7) is 0. The van der Waals surface area contributed by atoms with E-state index < -0.39 is 0 Å². The summed E-state index contributed by atoms with van der Waals surface area (Å²) in [4.78, 5) is 17.5. The molecule has 0 unspecified atom stereocenters. The van der Waals surface area contributed by atoms with Gasteiger partial charge in [0.05, 0.1) is 33.3 Å². The normalized spacial score (nSPS) is 10.7. The molecule has 0 aliphatic rings. The highest BCUT2D eigenvalue weighted by Crippen LogP contribution is 2.41. The van der Waals surface area contributed by atoms with Crippen LogP contribution in [-0.4, -0.2) is 48.3 Å². The van der Waals surface area contributed by atoms with E-state index in [0.717, 1.165) is 0 Å². The molecule has 0 bridgehead atoms. The molecule has 3 N–H and O–H groups in total. The van der Waals surface area contributed by atoms with Gasteiger partial charge in [0.25, 0.3) is 0 Å². The minimum atomic E-state index is 0.318. The number of imidazole rings is 1. The lowest BCUT2D eigenvalue weighted by Crippen LogP contribution is -2.15. The van der Waals surface area contributed by atoms with Crippen molar-refractivity contribution in [2.45, 2.75) is 0 Å². The number of H-pyrrole nitrogens is 1. The van der Waals surface area contributed by atoms with Crippen LogP contribution < -0.4 is 24.8 Å². The number of aromatic nitrogens is 4. The van der Waals surface area contributed by atoms with Gasteiger partial charge in [-0.2, -0.15) is 9.97 Å². The number of anilines is 3. The van der Waals surface area contributed by atoms with Crippen molar-refractivity contribution < 1.29 is 14.2 Å². The first-order valence-corrected chi connectivity index (χ1v) is 7.09. The van der Waals surface area contributed by atoms with Gasteiger partial charge in [-0.15, -0.1) is 0 Å². The van der Waals surface area contributed by atoms with Crippen LogP contribution in [0.25, 0.3) is 11.2 Å². The summed E-state index contributed by atoms with van der Waals surface area (Å²) in [5.41, 5.74) is 7.76. The van der Waals surface area contributed by atoms with Crippen LogP contribution in [-0.2, 0) is 0 Å². The van der Waals surface area contributed by atoms with Gasteiger partial charge in [-0.25, -0.2) is 4.98 Å². The number of hydrogen-bond donors (Lipinski definition) is 2. The Labute approximate surface area is 138 Å². The molecule has 0 aliphatic carbocycles. The van der Waals surface area contributed by atoms with Gasteiger partial charge in [-0.1, -0.05) is 0 Å². The minimum Gasteiger partial charge on any atom is -0.494 e. The molecule has 2 aromatic heterocycles. The Bertz CT molecular complexity index is 879. The number of aromatic amines is 1. The Morgan fingerprint density at radius 3 is 2.33 bits per heavy atom. The largest absolute Gasteiger partial charge is 0.494 e. The first-order valence-electron chi connectivity index (χ1n) is 7.09. The summed E-state index contributed by atoms with van der Waals surface area (Å²) in [5.74, 6) is 2.42. The van der Waals surface area contributed by atoms with Gasteiger partial charge in [0, 0.05) is 19.2 Å². The van der Waals surface area contributed by atoms with Crippen LogP contribution in [0.5, 0.6) is 17.2 Å². The highest BCUT2D eigenvalue weighted by atomic mass is 16.5. The van der Waals surface area contributed by atoms with Crippen LogP contribution >= 0.6 is 0 Å². The van der Waals surface area contributed by atoms with Crippen molar-refractivity contribution in [3.63, 3.8) is 0 Å². The zero-order valence-corrected chi connectivity index (χ0v) is 13.8. The fourth-order valence-electron chi connectivity index (χ4n) is 2.38. The standard InChI is InChI=1S/C15H18N6O3/c1-21(15-19-13(16)12-14(20-15)18-7-17-12)8-5-10(23-3)11(24-4)6-9(8)22-2/h5-7H,1-4H3,(H3,16,17,18,19,20). The number of hydrogen-bond acceptors (Lipinski definition) is 8. The highest BCUT2D eigenvalue weighted by Gasteiger charge is 2.19. The van der Waals surface area contributed by atoms with Crippen molar-refractivity contribution in [2.75, 3.05) is 39.0 Å². The monoisotopic (exact) mass is 330 g/mol. The smallest absolute Gasteiger partial charge is 0.233 e. The molecule has 0 saturated carbocycles. The Kier molecular flexibility index (Phi) is 3.98.